The molecule has 0 radical (unpaired) electrons. The van der Waals surface area contributed by atoms with E-state index in [2.05, 4.69) is 4.90 Å². The highest BCUT2D eigenvalue weighted by Gasteiger charge is 2.40. The Morgan fingerprint density at radius 2 is 2.05 bits per heavy atom. The Kier molecular flexibility index (Phi) is 6.26. The second-order valence-corrected chi connectivity index (χ2v) is 5.60. The molecule has 5 nitrogen and oxygen atoms in total. The predicted molar refractivity (Wildman–Crippen MR) is 75.4 cm³/mol. The van der Waals surface area contributed by atoms with Gasteiger partial charge in [0.05, 0.1) is 26.4 Å². The number of rotatable bonds is 7. The largest absolute Gasteiger partial charge is 0.466 e. The van der Waals surface area contributed by atoms with Crippen molar-refractivity contribution in [1.82, 2.24) is 4.90 Å². The lowest BCUT2D eigenvalue weighted by Crippen LogP contribution is -2.49. The molecular weight excluding hydrogens is 258 g/mol. The molecule has 0 aliphatic carbocycles. The SMILES string of the molecule is CCOC(=O)CCCCCN1CCCC2(C1)OCCO2. The number of nitrogens with zero attached hydrogens (tertiary/aromatic N) is 1. The van der Waals surface area contributed by atoms with Crippen LogP contribution in [-0.4, -0.2) is 56.1 Å². The number of unbranched alkanes of at least 4 members (excludes halogenated alkanes) is 2. The van der Waals surface area contributed by atoms with Crippen LogP contribution in [-0.2, 0) is 19.0 Å². The number of hydrogen-bond acceptors (Lipinski definition) is 5. The van der Waals surface area contributed by atoms with Crippen molar-refractivity contribution in [1.29, 1.82) is 0 Å². The van der Waals surface area contributed by atoms with Gasteiger partial charge in [0.25, 0.3) is 0 Å². The van der Waals surface area contributed by atoms with E-state index in [0.29, 0.717) is 13.0 Å². The summed E-state index contributed by atoms with van der Waals surface area (Å²) in [6.07, 6.45) is 5.82. The molecule has 0 aromatic carbocycles. The van der Waals surface area contributed by atoms with E-state index in [1.54, 1.807) is 0 Å². The molecule has 2 rings (SSSR count). The second kappa shape index (κ2) is 7.96. The summed E-state index contributed by atoms with van der Waals surface area (Å²) in [7, 11) is 0. The standard InChI is InChI=1S/C15H27NO4/c1-2-18-14(17)7-4-3-5-9-16-10-6-8-15(13-16)19-11-12-20-15/h2-13H2,1H3. The van der Waals surface area contributed by atoms with Gasteiger partial charge < -0.3 is 14.2 Å². The molecule has 2 aliphatic heterocycles. The topological polar surface area (TPSA) is 48.0 Å². The first kappa shape index (κ1) is 15.7. The smallest absolute Gasteiger partial charge is 0.305 e. The maximum Gasteiger partial charge on any atom is 0.305 e. The van der Waals surface area contributed by atoms with Crippen LogP contribution >= 0.6 is 0 Å². The van der Waals surface area contributed by atoms with Crippen LogP contribution in [0.3, 0.4) is 0 Å². The summed E-state index contributed by atoms with van der Waals surface area (Å²) in [6, 6.07) is 0. The Morgan fingerprint density at radius 3 is 2.80 bits per heavy atom. The molecule has 0 unspecified atom stereocenters. The number of likely N-dealkylation sites (tertiary alicyclic amines) is 1. The van der Waals surface area contributed by atoms with Crippen molar-refractivity contribution in [2.24, 2.45) is 0 Å². The van der Waals surface area contributed by atoms with E-state index in [4.69, 9.17) is 14.2 Å². The zero-order chi connectivity index (χ0) is 14.3. The van der Waals surface area contributed by atoms with Crippen LogP contribution in [0, 0.1) is 0 Å². The van der Waals surface area contributed by atoms with Crippen molar-refractivity contribution in [3.8, 4) is 0 Å². The molecule has 2 aliphatic rings. The van der Waals surface area contributed by atoms with Crippen molar-refractivity contribution < 1.29 is 19.0 Å². The maximum atomic E-state index is 11.2. The van der Waals surface area contributed by atoms with Crippen molar-refractivity contribution in [3.05, 3.63) is 0 Å². The zero-order valence-corrected chi connectivity index (χ0v) is 12.6. The van der Waals surface area contributed by atoms with Crippen LogP contribution in [0.2, 0.25) is 0 Å². The predicted octanol–water partition coefficient (Wildman–Crippen LogP) is 1.95. The Morgan fingerprint density at radius 1 is 1.25 bits per heavy atom. The minimum atomic E-state index is -0.316. The Labute approximate surface area is 121 Å². The third-order valence-corrected chi connectivity index (χ3v) is 3.97. The van der Waals surface area contributed by atoms with E-state index in [9.17, 15) is 4.79 Å². The zero-order valence-electron chi connectivity index (χ0n) is 12.6. The van der Waals surface area contributed by atoms with Crippen molar-refractivity contribution in [2.75, 3.05) is 39.5 Å². The average molecular weight is 285 g/mol. The van der Waals surface area contributed by atoms with Crippen LogP contribution in [0.1, 0.15) is 45.4 Å². The minimum Gasteiger partial charge on any atom is -0.466 e. The van der Waals surface area contributed by atoms with Crippen LogP contribution in [0.15, 0.2) is 0 Å². The Balaban J connectivity index is 1.56. The van der Waals surface area contributed by atoms with Crippen LogP contribution in [0.5, 0.6) is 0 Å². The van der Waals surface area contributed by atoms with Crippen molar-refractivity contribution in [2.45, 2.75) is 51.2 Å². The first-order chi connectivity index (χ1) is 9.74. The molecule has 0 aromatic heterocycles. The molecule has 2 fully saturated rings. The van der Waals surface area contributed by atoms with Gasteiger partial charge >= 0.3 is 5.97 Å². The van der Waals surface area contributed by atoms with E-state index in [1.807, 2.05) is 6.92 Å². The maximum absolute atomic E-state index is 11.2. The van der Waals surface area contributed by atoms with E-state index < -0.39 is 0 Å². The molecule has 2 heterocycles. The van der Waals surface area contributed by atoms with Crippen molar-refractivity contribution >= 4 is 5.97 Å². The Hall–Kier alpha value is -0.650. The Bertz CT molecular complexity index is 302. The molecule has 0 saturated carbocycles. The first-order valence-electron chi connectivity index (χ1n) is 7.90. The fourth-order valence-corrected chi connectivity index (χ4v) is 3.01. The van der Waals surface area contributed by atoms with Gasteiger partial charge in [-0.1, -0.05) is 6.42 Å². The molecule has 0 atom stereocenters. The van der Waals surface area contributed by atoms with Gasteiger partial charge in [-0.25, -0.2) is 0 Å². The molecule has 0 bridgehead atoms. The lowest BCUT2D eigenvalue weighted by molar-refractivity contribution is -0.189. The molecule has 2 saturated heterocycles. The molecule has 0 N–H and O–H groups in total. The van der Waals surface area contributed by atoms with Gasteiger partial charge in [-0.15, -0.1) is 0 Å². The molecular formula is C15H27NO4. The number of piperidine rings is 1. The summed E-state index contributed by atoms with van der Waals surface area (Å²) in [5.41, 5.74) is 0. The number of ether oxygens (including phenoxy) is 3. The molecule has 1 spiro atoms. The minimum absolute atomic E-state index is 0.0721. The van der Waals surface area contributed by atoms with Crippen LogP contribution in [0.25, 0.3) is 0 Å². The number of carbonyl (C=O) groups excluding carboxylic acids is 1. The number of hydrogen-bond donors (Lipinski definition) is 0. The van der Waals surface area contributed by atoms with Gasteiger partial charge in [-0.2, -0.15) is 0 Å². The van der Waals surface area contributed by atoms with Gasteiger partial charge in [-0.05, 0) is 39.3 Å². The van der Waals surface area contributed by atoms with Crippen LogP contribution in [0.4, 0.5) is 0 Å². The van der Waals surface area contributed by atoms with Gasteiger partial charge in [0.1, 0.15) is 0 Å². The summed E-state index contributed by atoms with van der Waals surface area (Å²) in [5, 5.41) is 0. The van der Waals surface area contributed by atoms with E-state index >= 15 is 0 Å². The lowest BCUT2D eigenvalue weighted by atomic mass is 10.0. The summed E-state index contributed by atoms with van der Waals surface area (Å²) >= 11 is 0. The van der Waals surface area contributed by atoms with Gasteiger partial charge in [0.2, 0.25) is 0 Å². The quantitative estimate of drug-likeness (QED) is 0.528. The fourth-order valence-electron chi connectivity index (χ4n) is 3.01. The highest BCUT2D eigenvalue weighted by atomic mass is 16.7. The molecule has 5 heteroatoms. The van der Waals surface area contributed by atoms with E-state index in [0.717, 1.165) is 65.0 Å². The monoisotopic (exact) mass is 285 g/mol. The third-order valence-electron chi connectivity index (χ3n) is 3.97. The molecule has 0 amide bonds. The highest BCUT2D eigenvalue weighted by molar-refractivity contribution is 5.69. The van der Waals surface area contributed by atoms with E-state index in [1.165, 1.54) is 0 Å². The number of esters is 1. The van der Waals surface area contributed by atoms with E-state index in [-0.39, 0.29) is 11.8 Å². The van der Waals surface area contributed by atoms with Crippen molar-refractivity contribution in [3.63, 3.8) is 0 Å². The highest BCUT2D eigenvalue weighted by Crippen LogP contribution is 2.30. The van der Waals surface area contributed by atoms with Gasteiger partial charge in [0.15, 0.2) is 5.79 Å². The van der Waals surface area contributed by atoms with Gasteiger partial charge in [0, 0.05) is 12.8 Å². The average Bonchev–Trinajstić information content (AvgIpc) is 2.87. The van der Waals surface area contributed by atoms with Crippen LogP contribution < -0.4 is 0 Å². The lowest BCUT2D eigenvalue weighted by Gasteiger charge is -2.38. The fraction of sp³-hybridized carbons (Fsp3) is 0.933. The molecule has 20 heavy (non-hydrogen) atoms. The summed E-state index contributed by atoms with van der Waals surface area (Å²) < 4.78 is 16.5. The summed E-state index contributed by atoms with van der Waals surface area (Å²) in [5.74, 6) is -0.388. The van der Waals surface area contributed by atoms with Gasteiger partial charge in [-0.3, -0.25) is 9.69 Å². The number of carbonyl (C=O) groups is 1. The molecule has 0 aromatic rings. The first-order valence-corrected chi connectivity index (χ1v) is 7.90. The summed E-state index contributed by atoms with van der Waals surface area (Å²) in [4.78, 5) is 13.6. The summed E-state index contributed by atoms with van der Waals surface area (Å²) in [6.45, 7) is 6.88. The molecule has 116 valence electrons. The second-order valence-electron chi connectivity index (χ2n) is 5.60. The normalized spacial score (nSPS) is 22.2. The third kappa shape index (κ3) is 4.72.